The van der Waals surface area contributed by atoms with Crippen molar-refractivity contribution in [1.82, 2.24) is 4.98 Å². The van der Waals surface area contributed by atoms with Gasteiger partial charge in [0.05, 0.1) is 5.69 Å². The van der Waals surface area contributed by atoms with Crippen molar-refractivity contribution in [3.05, 3.63) is 66.0 Å². The van der Waals surface area contributed by atoms with Crippen LogP contribution in [0.25, 0.3) is 0 Å². The number of aromatic nitrogens is 1. The van der Waals surface area contributed by atoms with Gasteiger partial charge in [0.2, 0.25) is 0 Å². The zero-order valence-electron chi connectivity index (χ0n) is 9.71. The molecule has 3 heteroatoms. The Kier molecular flexibility index (Phi) is 3.86. The van der Waals surface area contributed by atoms with Crippen molar-refractivity contribution in [2.75, 3.05) is 0 Å². The minimum atomic E-state index is 0.477. The Labute approximate surface area is 101 Å². The summed E-state index contributed by atoms with van der Waals surface area (Å²) in [6.07, 6.45) is 1.74. The van der Waals surface area contributed by atoms with Gasteiger partial charge in [-0.25, -0.2) is 0 Å². The molecule has 0 unspecified atom stereocenters. The number of rotatable bonds is 4. The Morgan fingerprint density at radius 1 is 1.12 bits per heavy atom. The molecule has 3 nitrogen and oxygen atoms in total. The Hall–Kier alpha value is -2.16. The number of hydrogen-bond acceptors (Lipinski definition) is 3. The van der Waals surface area contributed by atoms with E-state index in [-0.39, 0.29) is 0 Å². The molecular formula is C14H14N2O. The lowest BCUT2D eigenvalue weighted by Crippen LogP contribution is -1.99. The van der Waals surface area contributed by atoms with Gasteiger partial charge >= 0.3 is 0 Å². The molecule has 0 radical (unpaired) electrons. The number of oxime groups is 1. The first-order chi connectivity index (χ1) is 8.36. The molecule has 1 aromatic heterocycles. The van der Waals surface area contributed by atoms with Crippen molar-refractivity contribution in [2.24, 2.45) is 5.16 Å². The van der Waals surface area contributed by atoms with Crippen molar-refractivity contribution in [2.45, 2.75) is 13.5 Å². The molecule has 0 atom stereocenters. The highest BCUT2D eigenvalue weighted by atomic mass is 16.6. The lowest BCUT2D eigenvalue weighted by molar-refractivity contribution is 0.130. The molecule has 2 aromatic rings. The van der Waals surface area contributed by atoms with Crippen LogP contribution >= 0.6 is 0 Å². The van der Waals surface area contributed by atoms with Gasteiger partial charge in [-0.1, -0.05) is 41.6 Å². The highest BCUT2D eigenvalue weighted by Crippen LogP contribution is 2.02. The monoisotopic (exact) mass is 226 g/mol. The van der Waals surface area contributed by atoms with Crippen molar-refractivity contribution >= 4 is 5.71 Å². The van der Waals surface area contributed by atoms with E-state index in [4.69, 9.17) is 4.84 Å². The van der Waals surface area contributed by atoms with E-state index >= 15 is 0 Å². The summed E-state index contributed by atoms with van der Waals surface area (Å²) in [7, 11) is 0. The number of benzene rings is 1. The zero-order chi connectivity index (χ0) is 11.9. The molecular weight excluding hydrogens is 212 g/mol. The second-order valence-corrected chi connectivity index (χ2v) is 3.65. The van der Waals surface area contributed by atoms with E-state index in [2.05, 4.69) is 10.1 Å². The molecule has 0 aliphatic rings. The van der Waals surface area contributed by atoms with Gasteiger partial charge in [-0.3, -0.25) is 4.98 Å². The van der Waals surface area contributed by atoms with Gasteiger partial charge in [0.1, 0.15) is 12.3 Å². The summed E-state index contributed by atoms with van der Waals surface area (Å²) < 4.78 is 0. The van der Waals surface area contributed by atoms with Crippen LogP contribution in [0.15, 0.2) is 59.9 Å². The van der Waals surface area contributed by atoms with Gasteiger partial charge in [-0.15, -0.1) is 0 Å². The SMILES string of the molecule is CC(=NOCc1ccccc1)c1ccccn1. The molecule has 0 bridgehead atoms. The smallest absolute Gasteiger partial charge is 0.142 e. The lowest BCUT2D eigenvalue weighted by atomic mass is 10.2. The van der Waals surface area contributed by atoms with Crippen molar-refractivity contribution in [1.29, 1.82) is 0 Å². The van der Waals surface area contributed by atoms with Crippen LogP contribution in [0.4, 0.5) is 0 Å². The van der Waals surface area contributed by atoms with Gasteiger partial charge in [0.15, 0.2) is 0 Å². The summed E-state index contributed by atoms with van der Waals surface area (Å²) in [5.41, 5.74) is 2.71. The maximum Gasteiger partial charge on any atom is 0.142 e. The average Bonchev–Trinajstić information content (AvgIpc) is 2.41. The minimum absolute atomic E-state index is 0.477. The Morgan fingerprint density at radius 3 is 2.59 bits per heavy atom. The minimum Gasteiger partial charge on any atom is -0.391 e. The molecule has 17 heavy (non-hydrogen) atoms. The van der Waals surface area contributed by atoms with Gasteiger partial charge < -0.3 is 4.84 Å². The number of hydrogen-bond donors (Lipinski definition) is 0. The van der Waals surface area contributed by atoms with Crippen LogP contribution in [0.3, 0.4) is 0 Å². The maximum atomic E-state index is 5.28. The van der Waals surface area contributed by atoms with E-state index in [0.717, 1.165) is 17.0 Å². The van der Waals surface area contributed by atoms with Gasteiger partial charge in [-0.05, 0) is 24.6 Å². The number of nitrogens with zero attached hydrogens (tertiary/aromatic N) is 2. The molecule has 0 saturated heterocycles. The Morgan fingerprint density at radius 2 is 1.88 bits per heavy atom. The number of pyridine rings is 1. The Bertz CT molecular complexity index is 480. The van der Waals surface area contributed by atoms with E-state index in [1.54, 1.807) is 6.20 Å². The van der Waals surface area contributed by atoms with E-state index in [1.165, 1.54) is 0 Å². The summed E-state index contributed by atoms with van der Waals surface area (Å²) in [5.74, 6) is 0. The predicted octanol–water partition coefficient (Wildman–Crippen LogP) is 3.02. The van der Waals surface area contributed by atoms with Crippen LogP contribution in [0.5, 0.6) is 0 Å². The first kappa shape index (κ1) is 11.3. The van der Waals surface area contributed by atoms with Crippen molar-refractivity contribution < 1.29 is 4.84 Å². The largest absolute Gasteiger partial charge is 0.391 e. The standard InChI is InChI=1S/C14H14N2O/c1-12(14-9-5-6-10-15-14)16-17-11-13-7-3-2-4-8-13/h2-10H,11H2,1H3. The van der Waals surface area contributed by atoms with E-state index in [9.17, 15) is 0 Å². The molecule has 0 spiro atoms. The summed E-state index contributed by atoms with van der Waals surface area (Å²) >= 11 is 0. The Balaban J connectivity index is 1.93. The molecule has 0 amide bonds. The predicted molar refractivity (Wildman–Crippen MR) is 67.7 cm³/mol. The molecule has 86 valence electrons. The summed E-state index contributed by atoms with van der Waals surface area (Å²) in [5, 5.41) is 4.04. The fraction of sp³-hybridized carbons (Fsp3) is 0.143. The second-order valence-electron chi connectivity index (χ2n) is 3.65. The summed E-state index contributed by atoms with van der Waals surface area (Å²) in [6, 6.07) is 15.7. The highest BCUT2D eigenvalue weighted by Gasteiger charge is 1.97. The van der Waals surface area contributed by atoms with Crippen LogP contribution in [-0.2, 0) is 11.4 Å². The van der Waals surface area contributed by atoms with Crippen molar-refractivity contribution in [3.8, 4) is 0 Å². The normalized spacial score (nSPS) is 11.2. The summed E-state index contributed by atoms with van der Waals surface area (Å²) in [6.45, 7) is 2.36. The molecule has 1 aromatic carbocycles. The third-order valence-corrected chi connectivity index (χ3v) is 2.31. The van der Waals surface area contributed by atoms with Crippen molar-refractivity contribution in [3.63, 3.8) is 0 Å². The summed E-state index contributed by atoms with van der Waals surface area (Å²) in [4.78, 5) is 9.48. The first-order valence-corrected chi connectivity index (χ1v) is 5.48. The van der Waals surface area contributed by atoms with E-state index in [1.807, 2.05) is 55.5 Å². The fourth-order valence-electron chi connectivity index (χ4n) is 1.40. The third-order valence-electron chi connectivity index (χ3n) is 2.31. The molecule has 0 fully saturated rings. The lowest BCUT2D eigenvalue weighted by Gasteiger charge is -2.01. The highest BCUT2D eigenvalue weighted by molar-refractivity contribution is 5.96. The van der Waals surface area contributed by atoms with Gasteiger partial charge in [0.25, 0.3) is 0 Å². The van der Waals surface area contributed by atoms with E-state index in [0.29, 0.717) is 6.61 Å². The van der Waals surface area contributed by atoms with Gasteiger partial charge in [-0.2, -0.15) is 0 Å². The zero-order valence-corrected chi connectivity index (χ0v) is 9.71. The van der Waals surface area contributed by atoms with E-state index < -0.39 is 0 Å². The van der Waals surface area contributed by atoms with Crippen LogP contribution in [-0.4, -0.2) is 10.7 Å². The molecule has 2 rings (SSSR count). The van der Waals surface area contributed by atoms with Crippen LogP contribution in [0, 0.1) is 0 Å². The van der Waals surface area contributed by atoms with Crippen LogP contribution < -0.4 is 0 Å². The molecule has 1 heterocycles. The molecule has 0 saturated carbocycles. The molecule has 0 aliphatic heterocycles. The molecule has 0 aliphatic carbocycles. The molecule has 0 N–H and O–H groups in total. The fourth-order valence-corrected chi connectivity index (χ4v) is 1.40. The van der Waals surface area contributed by atoms with Crippen LogP contribution in [0.2, 0.25) is 0 Å². The maximum absolute atomic E-state index is 5.28. The average molecular weight is 226 g/mol. The first-order valence-electron chi connectivity index (χ1n) is 5.48. The topological polar surface area (TPSA) is 34.5 Å². The van der Waals surface area contributed by atoms with Gasteiger partial charge in [0, 0.05) is 6.20 Å². The third kappa shape index (κ3) is 3.41. The second kappa shape index (κ2) is 5.80. The quantitative estimate of drug-likeness (QED) is 0.593. The van der Waals surface area contributed by atoms with Crippen LogP contribution in [0.1, 0.15) is 18.2 Å².